The summed E-state index contributed by atoms with van der Waals surface area (Å²) in [6.45, 7) is 3.72. The lowest BCUT2D eigenvalue weighted by atomic mass is 9.99. The van der Waals surface area contributed by atoms with E-state index in [1.807, 2.05) is 6.08 Å². The van der Waals surface area contributed by atoms with E-state index in [2.05, 4.69) is 31.3 Å². The standard InChI is InChI=1S/C42H79NO8/c1-3-5-7-9-11-13-14-15-16-17-18-19-20-21-22-24-26-28-30-32-38(46)43-35(36(45)31-29-27-25-23-12-10-8-6-4-2)34-50-42-41(49)40(48)39(47)37(33-44)51-42/h15-16,29,31,35-37,39-42,44-45,47-49H,3-14,17-28,30,32-34H2,1-2H3,(H,43,46)/b16-15+,31-29+/t35-,36+,37-,39-,40?,41?,42-/m0/s1. The molecular weight excluding hydrogens is 646 g/mol. The number of nitrogens with one attached hydrogen (secondary N) is 1. The van der Waals surface area contributed by atoms with Crippen LogP contribution in [0.15, 0.2) is 24.3 Å². The normalized spacial score (nSPS) is 22.2. The van der Waals surface area contributed by atoms with E-state index in [0.29, 0.717) is 6.42 Å². The average molecular weight is 726 g/mol. The molecule has 7 atom stereocenters. The fourth-order valence-electron chi connectivity index (χ4n) is 6.56. The molecule has 2 unspecified atom stereocenters. The Labute approximate surface area is 311 Å². The van der Waals surface area contributed by atoms with Gasteiger partial charge in [-0.2, -0.15) is 0 Å². The van der Waals surface area contributed by atoms with Gasteiger partial charge in [-0.25, -0.2) is 0 Å². The van der Waals surface area contributed by atoms with Crippen molar-refractivity contribution in [2.24, 2.45) is 0 Å². The highest BCUT2D eigenvalue weighted by Crippen LogP contribution is 2.22. The Balaban J connectivity index is 2.33. The van der Waals surface area contributed by atoms with E-state index < -0.39 is 49.5 Å². The highest BCUT2D eigenvalue weighted by molar-refractivity contribution is 5.76. The number of carbonyl (C=O) groups is 1. The number of aliphatic hydroxyl groups excluding tert-OH is 5. The molecule has 300 valence electrons. The molecule has 0 spiro atoms. The minimum atomic E-state index is -1.56. The van der Waals surface area contributed by atoms with Crippen molar-refractivity contribution in [3.05, 3.63) is 24.3 Å². The fourth-order valence-corrected chi connectivity index (χ4v) is 6.56. The maximum absolute atomic E-state index is 12.9. The van der Waals surface area contributed by atoms with Crippen LogP contribution in [0.5, 0.6) is 0 Å². The molecule has 1 amide bonds. The third-order valence-electron chi connectivity index (χ3n) is 10.0. The summed E-state index contributed by atoms with van der Waals surface area (Å²) >= 11 is 0. The Morgan fingerprint density at radius 2 is 1.10 bits per heavy atom. The van der Waals surface area contributed by atoms with Crippen LogP contribution in [-0.4, -0.2) is 87.5 Å². The van der Waals surface area contributed by atoms with Gasteiger partial charge >= 0.3 is 0 Å². The van der Waals surface area contributed by atoms with E-state index in [1.54, 1.807) is 6.08 Å². The van der Waals surface area contributed by atoms with Crippen LogP contribution in [0, 0.1) is 0 Å². The fraction of sp³-hybridized carbons (Fsp3) is 0.881. The number of rotatable bonds is 34. The number of allylic oxidation sites excluding steroid dienone is 3. The zero-order valence-corrected chi connectivity index (χ0v) is 32.6. The molecule has 9 nitrogen and oxygen atoms in total. The van der Waals surface area contributed by atoms with Crippen LogP contribution in [-0.2, 0) is 14.3 Å². The smallest absolute Gasteiger partial charge is 0.220 e. The van der Waals surface area contributed by atoms with Gasteiger partial charge in [0.25, 0.3) is 0 Å². The summed E-state index contributed by atoms with van der Waals surface area (Å²) in [5.74, 6) is -0.182. The van der Waals surface area contributed by atoms with Crippen LogP contribution in [0.3, 0.4) is 0 Å². The summed E-state index contributed by atoms with van der Waals surface area (Å²) in [5.41, 5.74) is 0. The van der Waals surface area contributed by atoms with Crippen molar-refractivity contribution < 1.29 is 39.8 Å². The average Bonchev–Trinajstić information content (AvgIpc) is 3.13. The van der Waals surface area contributed by atoms with Crippen LogP contribution in [0.2, 0.25) is 0 Å². The number of hydrogen-bond donors (Lipinski definition) is 6. The molecule has 0 bridgehead atoms. The van der Waals surface area contributed by atoms with Crippen molar-refractivity contribution in [1.29, 1.82) is 0 Å². The van der Waals surface area contributed by atoms with Crippen molar-refractivity contribution in [1.82, 2.24) is 5.32 Å². The summed E-state index contributed by atoms with van der Waals surface area (Å²) in [6.07, 6.45) is 30.8. The van der Waals surface area contributed by atoms with Crippen molar-refractivity contribution in [3.63, 3.8) is 0 Å². The zero-order valence-electron chi connectivity index (χ0n) is 32.6. The van der Waals surface area contributed by atoms with Crippen molar-refractivity contribution >= 4 is 5.91 Å². The number of ether oxygens (including phenoxy) is 2. The first-order valence-corrected chi connectivity index (χ1v) is 21.1. The Hall–Kier alpha value is -1.33. The minimum absolute atomic E-state index is 0.182. The van der Waals surface area contributed by atoms with Crippen LogP contribution in [0.25, 0.3) is 0 Å². The Morgan fingerprint density at radius 3 is 1.59 bits per heavy atom. The van der Waals surface area contributed by atoms with Gasteiger partial charge in [-0.3, -0.25) is 4.79 Å². The monoisotopic (exact) mass is 726 g/mol. The molecule has 0 aliphatic carbocycles. The highest BCUT2D eigenvalue weighted by Gasteiger charge is 2.44. The molecule has 1 fully saturated rings. The molecule has 1 rings (SSSR count). The quantitative estimate of drug-likeness (QED) is 0.0289. The molecule has 9 heteroatoms. The molecule has 51 heavy (non-hydrogen) atoms. The number of unbranched alkanes of at least 4 members (excludes halogenated alkanes) is 22. The van der Waals surface area contributed by atoms with Gasteiger partial charge in [-0.1, -0.05) is 154 Å². The van der Waals surface area contributed by atoms with Gasteiger partial charge in [0.1, 0.15) is 24.4 Å². The molecule has 0 saturated carbocycles. The summed E-state index contributed by atoms with van der Waals surface area (Å²) in [6, 6.07) is -0.800. The molecule has 1 aliphatic rings. The number of amides is 1. The SMILES string of the molecule is CCCCCCCC/C=C/CCCCCCCCCCCC(=O)N[C@@H](CO[C@H]1O[C@@H](CO)[C@H](O)C(O)C1O)[C@H](O)/C=C/CCCCCCCCC. The number of hydrogen-bond acceptors (Lipinski definition) is 8. The Bertz CT molecular complexity index is 853. The molecule has 0 aromatic rings. The lowest BCUT2D eigenvalue weighted by molar-refractivity contribution is -0.302. The Kier molecular flexibility index (Phi) is 31.1. The van der Waals surface area contributed by atoms with Gasteiger partial charge in [-0.15, -0.1) is 0 Å². The summed E-state index contributed by atoms with van der Waals surface area (Å²) < 4.78 is 11.2. The molecule has 0 aromatic heterocycles. The van der Waals surface area contributed by atoms with Gasteiger partial charge in [0.15, 0.2) is 6.29 Å². The third kappa shape index (κ3) is 24.6. The first kappa shape index (κ1) is 47.7. The van der Waals surface area contributed by atoms with Crippen LogP contribution >= 0.6 is 0 Å². The largest absolute Gasteiger partial charge is 0.394 e. The zero-order chi connectivity index (χ0) is 37.4. The van der Waals surface area contributed by atoms with E-state index in [-0.39, 0.29) is 12.5 Å². The number of carbonyl (C=O) groups excluding carboxylic acids is 1. The van der Waals surface area contributed by atoms with Crippen LogP contribution < -0.4 is 5.32 Å². The Morgan fingerprint density at radius 1 is 0.647 bits per heavy atom. The van der Waals surface area contributed by atoms with Gasteiger partial charge in [-0.05, 0) is 44.9 Å². The van der Waals surface area contributed by atoms with Gasteiger partial charge in [0.05, 0.1) is 25.4 Å². The second kappa shape index (κ2) is 33.3. The summed E-state index contributed by atoms with van der Waals surface area (Å²) in [4.78, 5) is 12.9. The molecule has 0 aromatic carbocycles. The maximum Gasteiger partial charge on any atom is 0.220 e. The molecule has 0 radical (unpaired) electrons. The van der Waals surface area contributed by atoms with Gasteiger partial charge < -0.3 is 40.3 Å². The minimum Gasteiger partial charge on any atom is -0.394 e. The van der Waals surface area contributed by atoms with E-state index >= 15 is 0 Å². The second-order valence-corrected chi connectivity index (χ2v) is 14.8. The molecule has 1 saturated heterocycles. The highest BCUT2D eigenvalue weighted by atomic mass is 16.7. The number of aliphatic hydroxyl groups is 5. The predicted octanol–water partition coefficient (Wildman–Crippen LogP) is 7.94. The second-order valence-electron chi connectivity index (χ2n) is 14.8. The lowest BCUT2D eigenvalue weighted by Crippen LogP contribution is -2.60. The summed E-state index contributed by atoms with van der Waals surface area (Å²) in [7, 11) is 0. The maximum atomic E-state index is 12.9. The first-order chi connectivity index (χ1) is 24.8. The van der Waals surface area contributed by atoms with Crippen LogP contribution in [0.4, 0.5) is 0 Å². The lowest BCUT2D eigenvalue weighted by Gasteiger charge is -2.40. The third-order valence-corrected chi connectivity index (χ3v) is 10.0. The molecular formula is C42H79NO8. The summed E-state index contributed by atoms with van der Waals surface area (Å²) in [5, 5.41) is 53.9. The molecule has 6 N–H and O–H groups in total. The molecule has 1 aliphatic heterocycles. The first-order valence-electron chi connectivity index (χ1n) is 21.1. The van der Waals surface area contributed by atoms with Gasteiger partial charge in [0, 0.05) is 6.42 Å². The van der Waals surface area contributed by atoms with E-state index in [1.165, 1.54) is 122 Å². The topological polar surface area (TPSA) is 149 Å². The predicted molar refractivity (Wildman–Crippen MR) is 207 cm³/mol. The van der Waals surface area contributed by atoms with Crippen molar-refractivity contribution in [2.75, 3.05) is 13.2 Å². The molecule has 1 heterocycles. The van der Waals surface area contributed by atoms with E-state index in [9.17, 15) is 30.3 Å². The van der Waals surface area contributed by atoms with Crippen molar-refractivity contribution in [3.8, 4) is 0 Å². The van der Waals surface area contributed by atoms with Gasteiger partial charge in [0.2, 0.25) is 5.91 Å². The van der Waals surface area contributed by atoms with Crippen LogP contribution in [0.1, 0.15) is 181 Å². The van der Waals surface area contributed by atoms with Crippen molar-refractivity contribution in [2.45, 2.75) is 224 Å². The van der Waals surface area contributed by atoms with E-state index in [0.717, 1.165) is 38.5 Å². The van der Waals surface area contributed by atoms with E-state index in [4.69, 9.17) is 9.47 Å².